The number of hydrogen-bond acceptors (Lipinski definition) is 6. The van der Waals surface area contributed by atoms with Gasteiger partial charge in [-0.05, 0) is 33.6 Å². The number of aliphatic hydroxyl groups excluding tert-OH is 1. The van der Waals surface area contributed by atoms with Gasteiger partial charge in [-0.15, -0.1) is 0 Å². The van der Waals surface area contributed by atoms with E-state index in [-0.39, 0.29) is 0 Å². The molecule has 0 aromatic heterocycles. The van der Waals surface area contributed by atoms with Crippen LogP contribution >= 0.6 is 0 Å². The molecule has 0 bridgehead atoms. The highest BCUT2D eigenvalue weighted by Crippen LogP contribution is 2.22. The van der Waals surface area contributed by atoms with E-state index in [1.165, 1.54) is 0 Å². The number of aliphatic hydroxyl groups is 1. The molecule has 0 aromatic carbocycles. The first-order valence-corrected chi connectivity index (χ1v) is 9.14. The third-order valence-corrected chi connectivity index (χ3v) is 4.61. The van der Waals surface area contributed by atoms with Crippen molar-refractivity contribution in [1.82, 2.24) is 5.32 Å². The molecule has 0 aliphatic carbocycles. The lowest BCUT2D eigenvalue weighted by Crippen LogP contribution is -2.44. The number of aliphatic carboxylic acids is 1. The molecule has 4 N–H and O–H groups in total. The van der Waals surface area contributed by atoms with Crippen molar-refractivity contribution in [2.75, 3.05) is 11.5 Å². The molecule has 2 unspecified atom stereocenters. The lowest BCUT2D eigenvalue weighted by molar-refractivity contribution is -0.203. The molecular weight excluding hydrogens is 369 g/mol. The standard InChI is InChI=1S/C13H23F3N2O6S/c1-12(2,3)24-11(22)18-8(10(20)21)4-6-25(17,23)7-5-9(19)13(14,15)16/h8-9,17,19H,4-7H2,1-3H3,(H,18,22)(H,20,21)/t8?,9?,25-/m1/s1. The van der Waals surface area contributed by atoms with E-state index >= 15 is 0 Å². The van der Waals surface area contributed by atoms with Crippen LogP contribution in [0.3, 0.4) is 0 Å². The van der Waals surface area contributed by atoms with Crippen LogP contribution in [0.2, 0.25) is 0 Å². The second kappa shape index (κ2) is 8.70. The number of halogens is 3. The zero-order valence-corrected chi connectivity index (χ0v) is 14.9. The number of alkyl carbamates (subject to hydrolysis) is 1. The highest BCUT2D eigenvalue weighted by atomic mass is 32.2. The number of rotatable bonds is 8. The van der Waals surface area contributed by atoms with Crippen molar-refractivity contribution >= 4 is 21.8 Å². The number of carbonyl (C=O) groups excluding carboxylic acids is 1. The molecule has 0 radical (unpaired) electrons. The van der Waals surface area contributed by atoms with Gasteiger partial charge in [-0.1, -0.05) is 0 Å². The normalized spacial score (nSPS) is 17.2. The van der Waals surface area contributed by atoms with Crippen LogP contribution in [0.4, 0.5) is 18.0 Å². The third kappa shape index (κ3) is 10.8. The van der Waals surface area contributed by atoms with Crippen LogP contribution < -0.4 is 5.32 Å². The number of carboxylic acids is 1. The first kappa shape index (κ1) is 23.4. The predicted molar refractivity (Wildman–Crippen MR) is 82.7 cm³/mol. The first-order valence-electron chi connectivity index (χ1n) is 7.25. The number of carboxylic acid groups (broad SMARTS) is 1. The van der Waals surface area contributed by atoms with Crippen molar-refractivity contribution in [2.45, 2.75) is 57.5 Å². The van der Waals surface area contributed by atoms with Crippen LogP contribution in [0.15, 0.2) is 0 Å². The van der Waals surface area contributed by atoms with Gasteiger partial charge in [-0.25, -0.2) is 13.8 Å². The Bertz CT molecular complexity index is 571. The van der Waals surface area contributed by atoms with Gasteiger partial charge in [0.15, 0.2) is 6.10 Å². The van der Waals surface area contributed by atoms with Gasteiger partial charge in [0.25, 0.3) is 0 Å². The molecule has 0 aliphatic heterocycles. The second-order valence-electron chi connectivity index (χ2n) is 6.39. The molecule has 0 aliphatic rings. The SMILES string of the molecule is CC(C)(C)OC(=O)NC(CC[S@@](=N)(=O)CCC(O)C(F)(F)F)C(=O)O. The second-order valence-corrected chi connectivity index (χ2v) is 8.83. The minimum Gasteiger partial charge on any atom is -0.480 e. The van der Waals surface area contributed by atoms with E-state index in [9.17, 15) is 27.0 Å². The van der Waals surface area contributed by atoms with Crippen molar-refractivity contribution in [3.8, 4) is 0 Å². The molecule has 148 valence electrons. The van der Waals surface area contributed by atoms with E-state index in [0.29, 0.717) is 0 Å². The lowest BCUT2D eigenvalue weighted by atomic mass is 10.2. The summed E-state index contributed by atoms with van der Waals surface area (Å²) in [5.74, 6) is -2.76. The molecule has 0 rings (SSSR count). The predicted octanol–water partition coefficient (Wildman–Crippen LogP) is 1.71. The third-order valence-electron chi connectivity index (χ3n) is 2.82. The maximum atomic E-state index is 12.2. The molecule has 3 atom stereocenters. The first-order chi connectivity index (χ1) is 11.0. The van der Waals surface area contributed by atoms with Gasteiger partial charge in [-0.3, -0.25) is 4.78 Å². The van der Waals surface area contributed by atoms with Crippen LogP contribution in [-0.2, 0) is 19.3 Å². The van der Waals surface area contributed by atoms with Crippen LogP contribution in [0.25, 0.3) is 0 Å². The van der Waals surface area contributed by atoms with E-state index in [1.54, 1.807) is 20.8 Å². The Morgan fingerprint density at radius 3 is 2.08 bits per heavy atom. The number of amides is 1. The van der Waals surface area contributed by atoms with Crippen molar-refractivity contribution in [1.29, 1.82) is 4.78 Å². The summed E-state index contributed by atoms with van der Waals surface area (Å²) in [5.41, 5.74) is -0.871. The van der Waals surface area contributed by atoms with Gasteiger partial charge in [0, 0.05) is 21.2 Å². The summed E-state index contributed by atoms with van der Waals surface area (Å²) in [7, 11) is -3.55. The minimum absolute atomic E-state index is 0.432. The Labute approximate surface area is 143 Å². The zero-order valence-electron chi connectivity index (χ0n) is 14.1. The average Bonchev–Trinajstić information content (AvgIpc) is 2.37. The maximum Gasteiger partial charge on any atom is 0.414 e. The van der Waals surface area contributed by atoms with Gasteiger partial charge in [0.2, 0.25) is 0 Å². The van der Waals surface area contributed by atoms with E-state index in [1.807, 2.05) is 5.32 Å². The van der Waals surface area contributed by atoms with Gasteiger partial charge in [0.05, 0.1) is 0 Å². The summed E-state index contributed by atoms with van der Waals surface area (Å²) in [6.45, 7) is 4.68. The highest BCUT2D eigenvalue weighted by molar-refractivity contribution is 7.92. The number of ether oxygens (including phenoxy) is 1. The van der Waals surface area contributed by atoms with Crippen LogP contribution in [0.1, 0.15) is 33.6 Å². The van der Waals surface area contributed by atoms with Crippen molar-refractivity contribution in [3.63, 3.8) is 0 Å². The molecule has 0 saturated carbocycles. The lowest BCUT2D eigenvalue weighted by Gasteiger charge is -2.22. The average molecular weight is 392 g/mol. The van der Waals surface area contributed by atoms with E-state index in [4.69, 9.17) is 19.7 Å². The number of hydrogen-bond donors (Lipinski definition) is 4. The Balaban J connectivity index is 4.64. The fraction of sp³-hybridized carbons (Fsp3) is 0.846. The molecule has 0 spiro atoms. The van der Waals surface area contributed by atoms with Gasteiger partial charge in [0.1, 0.15) is 11.6 Å². The monoisotopic (exact) mass is 392 g/mol. The Morgan fingerprint density at radius 2 is 1.68 bits per heavy atom. The molecule has 12 heteroatoms. The van der Waals surface area contributed by atoms with E-state index in [2.05, 4.69) is 0 Å². The van der Waals surface area contributed by atoms with Gasteiger partial charge < -0.3 is 20.3 Å². The summed E-state index contributed by atoms with van der Waals surface area (Å²) in [6, 6.07) is -1.51. The molecule has 0 fully saturated rings. The summed E-state index contributed by atoms with van der Waals surface area (Å²) in [6.07, 6.45) is -9.96. The number of carbonyl (C=O) groups is 2. The quantitative estimate of drug-likeness (QED) is 0.496. The van der Waals surface area contributed by atoms with Gasteiger partial charge in [-0.2, -0.15) is 13.2 Å². The maximum absolute atomic E-state index is 12.2. The zero-order chi connectivity index (χ0) is 20.1. The van der Waals surface area contributed by atoms with Crippen molar-refractivity contribution in [3.05, 3.63) is 0 Å². The van der Waals surface area contributed by atoms with Crippen molar-refractivity contribution in [2.24, 2.45) is 0 Å². The van der Waals surface area contributed by atoms with Crippen LogP contribution in [0, 0.1) is 4.78 Å². The summed E-state index contributed by atoms with van der Waals surface area (Å²) in [4.78, 5) is 22.7. The Hall–Kier alpha value is -1.56. The molecule has 0 heterocycles. The van der Waals surface area contributed by atoms with Crippen LogP contribution in [-0.4, -0.2) is 61.9 Å². The minimum atomic E-state index is -4.88. The Morgan fingerprint density at radius 1 is 1.20 bits per heavy atom. The molecule has 25 heavy (non-hydrogen) atoms. The molecular formula is C13H23F3N2O6S. The number of alkyl halides is 3. The van der Waals surface area contributed by atoms with Crippen LogP contribution in [0.5, 0.6) is 0 Å². The molecule has 0 saturated heterocycles. The summed E-state index contributed by atoms with van der Waals surface area (Å²) in [5, 5.41) is 19.9. The Kier molecular flexibility index (Phi) is 8.15. The molecule has 0 aromatic rings. The highest BCUT2D eigenvalue weighted by Gasteiger charge is 2.38. The fourth-order valence-electron chi connectivity index (χ4n) is 1.58. The topological polar surface area (TPSA) is 137 Å². The van der Waals surface area contributed by atoms with E-state index in [0.717, 1.165) is 0 Å². The summed E-state index contributed by atoms with van der Waals surface area (Å²) < 4.78 is 60.8. The molecule has 8 nitrogen and oxygen atoms in total. The largest absolute Gasteiger partial charge is 0.480 e. The summed E-state index contributed by atoms with van der Waals surface area (Å²) >= 11 is 0. The molecule has 1 amide bonds. The van der Waals surface area contributed by atoms with Gasteiger partial charge >= 0.3 is 18.2 Å². The van der Waals surface area contributed by atoms with Crippen molar-refractivity contribution < 1.29 is 41.9 Å². The number of nitrogens with one attached hydrogen (secondary N) is 2. The fourth-order valence-corrected chi connectivity index (χ4v) is 3.01. The van der Waals surface area contributed by atoms with E-state index < -0.39 is 70.1 Å². The smallest absolute Gasteiger partial charge is 0.414 e.